The molecule has 0 saturated heterocycles. The topological polar surface area (TPSA) is 86.7 Å². The zero-order valence-electron chi connectivity index (χ0n) is 22.7. The van der Waals surface area contributed by atoms with Crippen LogP contribution < -0.4 is 4.74 Å². The second-order valence-electron chi connectivity index (χ2n) is 10.5. The van der Waals surface area contributed by atoms with E-state index in [-0.39, 0.29) is 20.7 Å². The van der Waals surface area contributed by atoms with Crippen LogP contribution in [0.25, 0.3) is 10.8 Å². The van der Waals surface area contributed by atoms with Crippen LogP contribution in [-0.2, 0) is 19.4 Å². The van der Waals surface area contributed by atoms with Gasteiger partial charge >= 0.3 is 5.97 Å². The number of fused-ring (bicyclic) bond motifs is 2. The van der Waals surface area contributed by atoms with Crippen LogP contribution in [0.1, 0.15) is 42.8 Å². The molecule has 9 heteroatoms. The first-order chi connectivity index (χ1) is 19.5. The van der Waals surface area contributed by atoms with Gasteiger partial charge in [0.1, 0.15) is 17.5 Å². The van der Waals surface area contributed by atoms with Crippen molar-refractivity contribution in [1.29, 1.82) is 0 Å². The lowest BCUT2D eigenvalue weighted by Gasteiger charge is -2.41. The highest BCUT2D eigenvalue weighted by atomic mass is 79.9. The van der Waals surface area contributed by atoms with Gasteiger partial charge in [0.2, 0.25) is 15.0 Å². The van der Waals surface area contributed by atoms with E-state index in [0.29, 0.717) is 16.9 Å². The highest BCUT2D eigenvalue weighted by Crippen LogP contribution is 2.46. The van der Waals surface area contributed by atoms with E-state index in [4.69, 9.17) is 9.47 Å². The highest BCUT2D eigenvalue weighted by Gasteiger charge is 2.45. The van der Waals surface area contributed by atoms with Crippen molar-refractivity contribution in [3.8, 4) is 5.75 Å². The van der Waals surface area contributed by atoms with E-state index in [9.17, 15) is 18.0 Å². The lowest BCUT2D eigenvalue weighted by Crippen LogP contribution is -2.47. The minimum atomic E-state index is -3.80. The summed E-state index contributed by atoms with van der Waals surface area (Å²) >= 11 is 4.73. The van der Waals surface area contributed by atoms with Crippen LogP contribution in [0.3, 0.4) is 0 Å². The Morgan fingerprint density at radius 1 is 0.951 bits per heavy atom. The molecule has 212 valence electrons. The molecule has 41 heavy (non-hydrogen) atoms. The quantitative estimate of drug-likeness (QED) is 0.152. The number of sulfone groups is 1. The zero-order valence-corrected chi connectivity index (χ0v) is 26.0. The summed E-state index contributed by atoms with van der Waals surface area (Å²) in [6, 6.07) is 26.1. The molecule has 1 aliphatic heterocycles. The maximum Gasteiger partial charge on any atom is 0.310 e. The first-order valence-electron chi connectivity index (χ1n) is 13.1. The van der Waals surface area contributed by atoms with E-state index < -0.39 is 38.3 Å². The van der Waals surface area contributed by atoms with Gasteiger partial charge in [-0.3, -0.25) is 9.59 Å². The molecule has 0 saturated carbocycles. The number of carbonyl (C=O) groups is 2. The molecule has 6 nitrogen and oxygen atoms in total. The Balaban J connectivity index is 1.36. The van der Waals surface area contributed by atoms with Gasteiger partial charge in [-0.25, -0.2) is 8.42 Å². The van der Waals surface area contributed by atoms with E-state index in [2.05, 4.69) is 15.9 Å². The summed E-state index contributed by atoms with van der Waals surface area (Å²) in [6.45, 7) is 5.45. The van der Waals surface area contributed by atoms with Gasteiger partial charge in [-0.05, 0) is 61.0 Å². The van der Waals surface area contributed by atoms with Crippen molar-refractivity contribution in [3.05, 3.63) is 102 Å². The number of hydrogen-bond donors (Lipinski definition) is 0. The molecular weight excluding hydrogens is 624 g/mol. The van der Waals surface area contributed by atoms with E-state index >= 15 is 0 Å². The minimum Gasteiger partial charge on any atom is -0.486 e. The van der Waals surface area contributed by atoms with Gasteiger partial charge in [0.25, 0.3) is 0 Å². The smallest absolute Gasteiger partial charge is 0.310 e. The number of carbonyl (C=O) groups excluding carboxylic acids is 2. The number of esters is 1. The minimum absolute atomic E-state index is 0.0794. The van der Waals surface area contributed by atoms with Crippen molar-refractivity contribution in [2.45, 2.75) is 47.1 Å². The Kier molecular flexibility index (Phi) is 8.32. The Morgan fingerprint density at radius 2 is 1.63 bits per heavy atom. The third-order valence-electron chi connectivity index (χ3n) is 7.07. The first-order valence-corrected chi connectivity index (χ1v) is 16.5. The van der Waals surface area contributed by atoms with Crippen molar-refractivity contribution in [1.82, 2.24) is 0 Å². The van der Waals surface area contributed by atoms with Crippen LogP contribution in [0, 0.1) is 5.92 Å². The van der Waals surface area contributed by atoms with Crippen LogP contribution in [0.5, 0.6) is 5.75 Å². The molecule has 0 spiro atoms. The lowest BCUT2D eigenvalue weighted by atomic mass is 9.91. The summed E-state index contributed by atoms with van der Waals surface area (Å²) in [6.07, 6.45) is -0.812. The predicted octanol–water partition coefficient (Wildman–Crippen LogP) is 7.40. The highest BCUT2D eigenvalue weighted by molar-refractivity contribution is 9.09. The molecule has 0 radical (unpaired) electrons. The number of benzene rings is 4. The number of ether oxygens (including phenoxy) is 2. The normalized spacial score (nSPS) is 18.6. The Hall–Kier alpha value is -3.14. The molecule has 5 rings (SSSR count). The van der Waals surface area contributed by atoms with Gasteiger partial charge in [0, 0.05) is 16.9 Å². The molecule has 4 aromatic carbocycles. The predicted molar refractivity (Wildman–Crippen MR) is 164 cm³/mol. The molecule has 0 aromatic heterocycles. The molecular formula is C32H29BrO6S2. The van der Waals surface area contributed by atoms with Crippen LogP contribution in [0.15, 0.2) is 101 Å². The van der Waals surface area contributed by atoms with E-state index in [1.807, 2.05) is 50.2 Å². The van der Waals surface area contributed by atoms with Crippen molar-refractivity contribution in [2.24, 2.45) is 5.92 Å². The molecule has 3 atom stereocenters. The number of halogens is 1. The summed E-state index contributed by atoms with van der Waals surface area (Å²) in [5, 5.41) is 1.73. The fourth-order valence-corrected chi connectivity index (χ4v) is 7.40. The number of hydrogen-bond acceptors (Lipinski definition) is 7. The fourth-order valence-electron chi connectivity index (χ4n) is 4.72. The van der Waals surface area contributed by atoms with E-state index in [0.717, 1.165) is 22.5 Å². The van der Waals surface area contributed by atoms with Crippen molar-refractivity contribution in [3.63, 3.8) is 0 Å². The zero-order chi connectivity index (χ0) is 29.4. The molecule has 0 fully saturated rings. The maximum absolute atomic E-state index is 13.3. The average Bonchev–Trinajstić information content (AvgIpc) is 2.97. The SMILES string of the molecule is C[C@H](CSC(=O)c1cccc2ccccc12)C(=O)O[C@@H]1c2cc(S(=O)(=O)c3ccccc3)ccc2OC(C)(C)[C@H]1Br. The molecule has 0 amide bonds. The number of rotatable bonds is 7. The van der Waals surface area contributed by atoms with Crippen molar-refractivity contribution >= 4 is 59.4 Å². The maximum atomic E-state index is 13.3. The molecule has 0 N–H and O–H groups in total. The summed E-state index contributed by atoms with van der Waals surface area (Å²) in [7, 11) is -3.80. The van der Waals surface area contributed by atoms with Gasteiger partial charge in [-0.2, -0.15) is 0 Å². The molecule has 1 heterocycles. The molecule has 1 aliphatic rings. The molecule has 0 unspecified atom stereocenters. The summed E-state index contributed by atoms with van der Waals surface area (Å²) in [5.74, 6) is -0.402. The summed E-state index contributed by atoms with van der Waals surface area (Å²) in [5.41, 5.74) is 0.310. The van der Waals surface area contributed by atoms with Gasteiger partial charge in [0.05, 0.1) is 20.5 Å². The third-order valence-corrected chi connectivity index (χ3v) is 11.6. The largest absolute Gasteiger partial charge is 0.486 e. The monoisotopic (exact) mass is 652 g/mol. The third kappa shape index (κ3) is 5.94. The first kappa shape index (κ1) is 29.4. The van der Waals surface area contributed by atoms with Crippen LogP contribution >= 0.6 is 27.7 Å². The van der Waals surface area contributed by atoms with Crippen LogP contribution in [0.4, 0.5) is 0 Å². The van der Waals surface area contributed by atoms with Crippen molar-refractivity contribution in [2.75, 3.05) is 5.75 Å². The van der Waals surface area contributed by atoms with E-state index in [1.165, 1.54) is 24.3 Å². The summed E-state index contributed by atoms with van der Waals surface area (Å²) in [4.78, 5) is 26.2. The Bertz CT molecular complexity index is 1710. The van der Waals surface area contributed by atoms with Gasteiger partial charge in [0.15, 0.2) is 0 Å². The van der Waals surface area contributed by atoms with Gasteiger partial charge in [-0.15, -0.1) is 0 Å². The molecule has 0 bridgehead atoms. The van der Waals surface area contributed by atoms with E-state index in [1.54, 1.807) is 37.3 Å². The van der Waals surface area contributed by atoms with Gasteiger partial charge in [-0.1, -0.05) is 89.2 Å². The van der Waals surface area contributed by atoms with Crippen molar-refractivity contribution < 1.29 is 27.5 Å². The molecule has 0 aliphatic carbocycles. The van der Waals surface area contributed by atoms with Gasteiger partial charge < -0.3 is 9.47 Å². The second kappa shape index (κ2) is 11.6. The Morgan fingerprint density at radius 3 is 2.39 bits per heavy atom. The standard InChI is InChI=1S/C32H29BrO6S2/c1-20(19-40-31(35)25-15-9-11-21-10-7-8-14-24(21)25)30(34)38-28-26-18-23(41(36,37)22-12-5-4-6-13-22)16-17-27(26)39-32(2,3)29(28)33/h4-18,20,28-29H,19H2,1-3H3/t20-,28-,29+/m1/s1. The Labute approximate surface area is 252 Å². The molecule has 4 aromatic rings. The number of thioether (sulfide) groups is 1. The fraction of sp³-hybridized carbons (Fsp3) is 0.250. The average molecular weight is 654 g/mol. The lowest BCUT2D eigenvalue weighted by molar-refractivity contribution is -0.156. The van der Waals surface area contributed by atoms with Crippen LogP contribution in [-0.4, -0.2) is 35.7 Å². The summed E-state index contributed by atoms with van der Waals surface area (Å²) < 4.78 is 38.8. The van der Waals surface area contributed by atoms with Crippen LogP contribution in [0.2, 0.25) is 0 Å². The number of alkyl halides is 1. The second-order valence-corrected chi connectivity index (χ2v) is 14.4.